The van der Waals surface area contributed by atoms with E-state index in [0.29, 0.717) is 6.04 Å². The molecule has 0 radical (unpaired) electrons. The van der Waals surface area contributed by atoms with E-state index in [2.05, 4.69) is 58.3 Å². The molecule has 1 unspecified atom stereocenters. The van der Waals surface area contributed by atoms with E-state index in [1.807, 2.05) is 11.6 Å². The van der Waals surface area contributed by atoms with Crippen LogP contribution in [0.1, 0.15) is 18.5 Å². The van der Waals surface area contributed by atoms with E-state index in [1.165, 1.54) is 5.56 Å². The van der Waals surface area contributed by atoms with Crippen LogP contribution in [0.2, 0.25) is 0 Å². The predicted molar refractivity (Wildman–Crippen MR) is 83.9 cm³/mol. The Balaban J connectivity index is 1.80. The highest BCUT2D eigenvalue weighted by Crippen LogP contribution is 2.27. The molecule has 1 aromatic carbocycles. The van der Waals surface area contributed by atoms with Crippen molar-refractivity contribution in [1.29, 1.82) is 0 Å². The number of thiazole rings is 1. The quantitative estimate of drug-likeness (QED) is 0.726. The first-order valence-corrected chi connectivity index (χ1v) is 7.94. The SMILES string of the molecule is CC(Nc1cccc(-c2nccs2)c1)c1ccsc1. The Morgan fingerprint density at radius 3 is 2.89 bits per heavy atom. The van der Waals surface area contributed by atoms with Crippen molar-refractivity contribution in [2.24, 2.45) is 0 Å². The van der Waals surface area contributed by atoms with Gasteiger partial charge in [-0.05, 0) is 41.4 Å². The first-order valence-electron chi connectivity index (χ1n) is 6.11. The number of nitrogens with zero attached hydrogens (tertiary/aromatic N) is 1. The Labute approximate surface area is 120 Å². The zero-order valence-corrected chi connectivity index (χ0v) is 12.2. The molecule has 2 heterocycles. The van der Waals surface area contributed by atoms with Crippen LogP contribution in [0.3, 0.4) is 0 Å². The van der Waals surface area contributed by atoms with Crippen LogP contribution in [0.5, 0.6) is 0 Å². The Hall–Kier alpha value is -1.65. The second-order valence-corrected chi connectivity index (χ2v) is 6.02. The maximum absolute atomic E-state index is 4.35. The molecular weight excluding hydrogens is 272 g/mol. The minimum absolute atomic E-state index is 0.317. The fourth-order valence-corrected chi connectivity index (χ4v) is 3.35. The van der Waals surface area contributed by atoms with Crippen LogP contribution in [0.15, 0.2) is 52.7 Å². The highest BCUT2D eigenvalue weighted by Gasteiger charge is 2.07. The molecular formula is C15H14N2S2. The fraction of sp³-hybridized carbons (Fsp3) is 0.133. The maximum Gasteiger partial charge on any atom is 0.123 e. The van der Waals surface area contributed by atoms with Crippen LogP contribution in [0.4, 0.5) is 5.69 Å². The number of anilines is 1. The highest BCUT2D eigenvalue weighted by atomic mass is 32.1. The minimum Gasteiger partial charge on any atom is -0.378 e. The summed E-state index contributed by atoms with van der Waals surface area (Å²) in [7, 11) is 0. The Morgan fingerprint density at radius 1 is 1.21 bits per heavy atom. The van der Waals surface area contributed by atoms with Gasteiger partial charge in [-0.15, -0.1) is 11.3 Å². The van der Waals surface area contributed by atoms with Gasteiger partial charge in [-0.3, -0.25) is 0 Å². The number of thiophene rings is 1. The standard InChI is InChI=1S/C15H14N2S2/c1-11(13-5-7-18-10-13)17-14-4-2-3-12(9-14)15-16-6-8-19-15/h2-11,17H,1H3. The van der Waals surface area contributed by atoms with Crippen LogP contribution in [-0.4, -0.2) is 4.98 Å². The zero-order chi connectivity index (χ0) is 13.1. The van der Waals surface area contributed by atoms with Crippen molar-refractivity contribution in [1.82, 2.24) is 4.98 Å². The van der Waals surface area contributed by atoms with Crippen LogP contribution < -0.4 is 5.32 Å². The molecule has 0 aliphatic heterocycles. The number of hydrogen-bond acceptors (Lipinski definition) is 4. The molecule has 0 aliphatic rings. The van der Waals surface area contributed by atoms with E-state index < -0.39 is 0 Å². The van der Waals surface area contributed by atoms with Crippen molar-refractivity contribution in [3.05, 3.63) is 58.2 Å². The molecule has 2 aromatic heterocycles. The van der Waals surface area contributed by atoms with Gasteiger partial charge in [-0.1, -0.05) is 12.1 Å². The first-order chi connectivity index (χ1) is 9.33. The maximum atomic E-state index is 4.35. The van der Waals surface area contributed by atoms with Gasteiger partial charge in [-0.25, -0.2) is 4.98 Å². The van der Waals surface area contributed by atoms with Crippen molar-refractivity contribution < 1.29 is 0 Å². The molecule has 96 valence electrons. The average Bonchev–Trinajstić information content (AvgIpc) is 3.13. The Bertz CT molecular complexity index is 630. The third kappa shape index (κ3) is 2.85. The van der Waals surface area contributed by atoms with Crippen LogP contribution in [0.25, 0.3) is 10.6 Å². The Morgan fingerprint density at radius 2 is 2.16 bits per heavy atom. The predicted octanol–water partition coefficient (Wildman–Crippen LogP) is 5.04. The molecule has 19 heavy (non-hydrogen) atoms. The number of benzene rings is 1. The fourth-order valence-electron chi connectivity index (χ4n) is 1.96. The summed E-state index contributed by atoms with van der Waals surface area (Å²) in [6.07, 6.45) is 1.84. The lowest BCUT2D eigenvalue weighted by Gasteiger charge is -2.14. The average molecular weight is 286 g/mol. The highest BCUT2D eigenvalue weighted by molar-refractivity contribution is 7.13. The molecule has 2 nitrogen and oxygen atoms in total. The third-order valence-electron chi connectivity index (χ3n) is 2.97. The van der Waals surface area contributed by atoms with Gasteiger partial charge in [0.25, 0.3) is 0 Å². The van der Waals surface area contributed by atoms with Gasteiger partial charge in [0.15, 0.2) is 0 Å². The van der Waals surface area contributed by atoms with E-state index in [1.54, 1.807) is 22.7 Å². The summed E-state index contributed by atoms with van der Waals surface area (Å²) in [6.45, 7) is 2.18. The van der Waals surface area contributed by atoms with Crippen molar-refractivity contribution in [2.45, 2.75) is 13.0 Å². The van der Waals surface area contributed by atoms with Crippen molar-refractivity contribution in [2.75, 3.05) is 5.32 Å². The molecule has 0 aliphatic carbocycles. The normalized spacial score (nSPS) is 12.3. The molecule has 1 atom stereocenters. The van der Waals surface area contributed by atoms with Crippen molar-refractivity contribution >= 4 is 28.4 Å². The molecule has 0 fully saturated rings. The van der Waals surface area contributed by atoms with Crippen molar-refractivity contribution in [3.63, 3.8) is 0 Å². The Kier molecular flexibility index (Phi) is 3.62. The van der Waals surface area contributed by atoms with Crippen LogP contribution in [-0.2, 0) is 0 Å². The summed E-state index contributed by atoms with van der Waals surface area (Å²) in [5.74, 6) is 0. The summed E-state index contributed by atoms with van der Waals surface area (Å²) in [4.78, 5) is 4.35. The van der Waals surface area contributed by atoms with Gasteiger partial charge >= 0.3 is 0 Å². The molecule has 3 rings (SSSR count). The lowest BCUT2D eigenvalue weighted by Crippen LogP contribution is -2.05. The summed E-state index contributed by atoms with van der Waals surface area (Å²) >= 11 is 3.40. The lowest BCUT2D eigenvalue weighted by molar-refractivity contribution is 0.891. The van der Waals surface area contributed by atoms with Gasteiger partial charge in [-0.2, -0.15) is 11.3 Å². The summed E-state index contributed by atoms with van der Waals surface area (Å²) in [5, 5.41) is 10.9. The van der Waals surface area contributed by atoms with Gasteiger partial charge < -0.3 is 5.32 Å². The number of nitrogens with one attached hydrogen (secondary N) is 1. The number of rotatable bonds is 4. The zero-order valence-electron chi connectivity index (χ0n) is 10.5. The van der Waals surface area contributed by atoms with E-state index >= 15 is 0 Å². The van der Waals surface area contributed by atoms with Gasteiger partial charge in [0, 0.05) is 28.9 Å². The summed E-state index contributed by atoms with van der Waals surface area (Å²) in [6, 6.07) is 10.9. The lowest BCUT2D eigenvalue weighted by atomic mass is 10.1. The van der Waals surface area contributed by atoms with Crippen LogP contribution >= 0.6 is 22.7 Å². The molecule has 3 aromatic rings. The molecule has 1 N–H and O–H groups in total. The van der Waals surface area contributed by atoms with Crippen molar-refractivity contribution in [3.8, 4) is 10.6 Å². The van der Waals surface area contributed by atoms with E-state index in [0.717, 1.165) is 16.3 Å². The smallest absolute Gasteiger partial charge is 0.123 e. The van der Waals surface area contributed by atoms with E-state index in [-0.39, 0.29) is 0 Å². The summed E-state index contributed by atoms with van der Waals surface area (Å²) < 4.78 is 0. The first kappa shape index (κ1) is 12.4. The number of aromatic nitrogens is 1. The number of hydrogen-bond donors (Lipinski definition) is 1. The van der Waals surface area contributed by atoms with Gasteiger partial charge in [0.1, 0.15) is 5.01 Å². The second kappa shape index (κ2) is 5.55. The topological polar surface area (TPSA) is 24.9 Å². The minimum atomic E-state index is 0.317. The molecule has 0 amide bonds. The van der Waals surface area contributed by atoms with Gasteiger partial charge in [0.2, 0.25) is 0 Å². The van der Waals surface area contributed by atoms with Gasteiger partial charge in [0.05, 0.1) is 0 Å². The largest absolute Gasteiger partial charge is 0.378 e. The molecule has 0 bridgehead atoms. The molecule has 0 saturated heterocycles. The second-order valence-electron chi connectivity index (χ2n) is 4.34. The summed E-state index contributed by atoms with van der Waals surface area (Å²) in [5.41, 5.74) is 3.62. The molecule has 0 saturated carbocycles. The molecule has 4 heteroatoms. The van der Waals surface area contributed by atoms with E-state index in [4.69, 9.17) is 0 Å². The third-order valence-corrected chi connectivity index (χ3v) is 4.49. The monoisotopic (exact) mass is 286 g/mol. The molecule has 0 spiro atoms. The van der Waals surface area contributed by atoms with Crippen LogP contribution in [0, 0.1) is 0 Å². The van der Waals surface area contributed by atoms with E-state index in [9.17, 15) is 0 Å².